The maximum Gasteiger partial charge on any atom is 0.308 e. The molecule has 1 N–H and O–H groups in total. The van der Waals surface area contributed by atoms with Crippen molar-refractivity contribution in [1.82, 2.24) is 9.88 Å². The van der Waals surface area contributed by atoms with Crippen molar-refractivity contribution in [3.63, 3.8) is 0 Å². The van der Waals surface area contributed by atoms with Crippen LogP contribution in [-0.4, -0.2) is 40.0 Å². The van der Waals surface area contributed by atoms with Crippen molar-refractivity contribution in [1.29, 1.82) is 0 Å². The van der Waals surface area contributed by atoms with Crippen LogP contribution in [0, 0.1) is 5.92 Å². The Balaban J connectivity index is 1.74. The molecular formula is C14H14N2O3S2. The maximum absolute atomic E-state index is 12.4. The first-order chi connectivity index (χ1) is 10.1. The van der Waals surface area contributed by atoms with Gasteiger partial charge in [0, 0.05) is 18.5 Å². The van der Waals surface area contributed by atoms with Crippen molar-refractivity contribution in [2.45, 2.75) is 12.8 Å². The molecule has 3 heterocycles. The van der Waals surface area contributed by atoms with Crippen molar-refractivity contribution in [3.8, 4) is 9.88 Å². The Morgan fingerprint density at radius 2 is 2.24 bits per heavy atom. The van der Waals surface area contributed by atoms with E-state index in [1.165, 1.54) is 11.3 Å². The van der Waals surface area contributed by atoms with Gasteiger partial charge < -0.3 is 10.0 Å². The molecule has 0 radical (unpaired) electrons. The minimum Gasteiger partial charge on any atom is -0.481 e. The standard InChI is InChI=1S/C14H14N2O3S2/c17-13(16-5-1-3-9(7-16)14(18)19)10-8-21-12(15-10)11-4-2-6-20-11/h2,4,6,8-9H,1,3,5,7H2,(H,18,19). The van der Waals surface area contributed by atoms with Gasteiger partial charge >= 0.3 is 5.97 Å². The second kappa shape index (κ2) is 5.95. The summed E-state index contributed by atoms with van der Waals surface area (Å²) in [5, 5.41) is 13.6. The third-order valence-corrected chi connectivity index (χ3v) is 5.39. The Kier molecular flexibility index (Phi) is 4.03. The van der Waals surface area contributed by atoms with E-state index in [1.807, 2.05) is 17.5 Å². The van der Waals surface area contributed by atoms with Crippen molar-refractivity contribution < 1.29 is 14.7 Å². The molecule has 1 saturated heterocycles. The highest BCUT2D eigenvalue weighted by Crippen LogP contribution is 2.28. The maximum atomic E-state index is 12.4. The van der Waals surface area contributed by atoms with Gasteiger partial charge in [0.2, 0.25) is 0 Å². The smallest absolute Gasteiger partial charge is 0.308 e. The summed E-state index contributed by atoms with van der Waals surface area (Å²) in [6, 6.07) is 3.92. The highest BCUT2D eigenvalue weighted by molar-refractivity contribution is 7.20. The normalized spacial score (nSPS) is 18.7. The number of nitrogens with zero attached hydrogens (tertiary/aromatic N) is 2. The van der Waals surface area contributed by atoms with E-state index < -0.39 is 11.9 Å². The van der Waals surface area contributed by atoms with Gasteiger partial charge in [-0.1, -0.05) is 6.07 Å². The summed E-state index contributed by atoms with van der Waals surface area (Å²) in [6.07, 6.45) is 1.36. The zero-order valence-corrected chi connectivity index (χ0v) is 12.8. The molecule has 5 nitrogen and oxygen atoms in total. The summed E-state index contributed by atoms with van der Waals surface area (Å²) >= 11 is 3.03. The van der Waals surface area contributed by atoms with Gasteiger partial charge in [-0.25, -0.2) is 4.98 Å². The molecule has 1 atom stereocenters. The second-order valence-electron chi connectivity index (χ2n) is 4.94. The number of hydrogen-bond donors (Lipinski definition) is 1. The first-order valence-corrected chi connectivity index (χ1v) is 8.42. The molecule has 2 aromatic rings. The van der Waals surface area contributed by atoms with Crippen molar-refractivity contribution in [2.75, 3.05) is 13.1 Å². The SMILES string of the molecule is O=C(O)C1CCCN(C(=O)c2csc(-c3cccs3)n2)C1. The molecular weight excluding hydrogens is 308 g/mol. The summed E-state index contributed by atoms with van der Waals surface area (Å²) in [5.74, 6) is -1.46. The molecule has 0 bridgehead atoms. The van der Waals surface area contributed by atoms with Gasteiger partial charge in [0.1, 0.15) is 10.7 Å². The minimum absolute atomic E-state index is 0.167. The van der Waals surface area contributed by atoms with E-state index in [0.29, 0.717) is 18.7 Å². The van der Waals surface area contributed by atoms with Gasteiger partial charge in [-0.3, -0.25) is 9.59 Å². The third kappa shape index (κ3) is 2.98. The Labute approximate surface area is 129 Å². The van der Waals surface area contributed by atoms with Gasteiger partial charge in [-0.05, 0) is 24.3 Å². The molecule has 0 saturated carbocycles. The number of aliphatic carboxylic acids is 1. The fourth-order valence-corrected chi connectivity index (χ4v) is 4.02. The predicted octanol–water partition coefficient (Wildman–Crippen LogP) is 2.81. The molecule has 21 heavy (non-hydrogen) atoms. The van der Waals surface area contributed by atoms with E-state index >= 15 is 0 Å². The molecule has 1 aliphatic heterocycles. The molecule has 0 aliphatic carbocycles. The zero-order chi connectivity index (χ0) is 14.8. The number of aromatic nitrogens is 1. The average molecular weight is 322 g/mol. The quantitative estimate of drug-likeness (QED) is 0.943. The number of carbonyl (C=O) groups is 2. The van der Waals surface area contributed by atoms with E-state index in [4.69, 9.17) is 5.11 Å². The summed E-state index contributed by atoms with van der Waals surface area (Å²) in [6.45, 7) is 0.883. The molecule has 1 aliphatic rings. The topological polar surface area (TPSA) is 70.5 Å². The average Bonchev–Trinajstić information content (AvgIpc) is 3.17. The summed E-state index contributed by atoms with van der Waals surface area (Å²) in [5.41, 5.74) is 0.412. The number of carbonyl (C=O) groups excluding carboxylic acids is 1. The number of thiazole rings is 1. The summed E-state index contributed by atoms with van der Waals surface area (Å²) < 4.78 is 0. The van der Waals surface area contributed by atoms with Crippen LogP contribution in [0.2, 0.25) is 0 Å². The van der Waals surface area contributed by atoms with Crippen LogP contribution in [-0.2, 0) is 4.79 Å². The van der Waals surface area contributed by atoms with Crippen LogP contribution in [0.4, 0.5) is 0 Å². The zero-order valence-electron chi connectivity index (χ0n) is 11.2. The van der Waals surface area contributed by atoms with Crippen molar-refractivity contribution in [3.05, 3.63) is 28.6 Å². The van der Waals surface area contributed by atoms with Gasteiger partial charge in [-0.2, -0.15) is 0 Å². The van der Waals surface area contributed by atoms with Crippen LogP contribution in [0.25, 0.3) is 9.88 Å². The minimum atomic E-state index is -0.829. The monoisotopic (exact) mass is 322 g/mol. The number of piperidine rings is 1. The van der Waals surface area contributed by atoms with Crippen LogP contribution in [0.5, 0.6) is 0 Å². The number of rotatable bonds is 3. The molecule has 1 amide bonds. The molecule has 0 aromatic carbocycles. The number of likely N-dealkylation sites (tertiary alicyclic amines) is 1. The molecule has 1 unspecified atom stereocenters. The molecule has 110 valence electrons. The van der Waals surface area contributed by atoms with Crippen molar-refractivity contribution >= 4 is 34.6 Å². The van der Waals surface area contributed by atoms with E-state index in [0.717, 1.165) is 16.3 Å². The highest BCUT2D eigenvalue weighted by atomic mass is 32.1. The van der Waals surface area contributed by atoms with E-state index in [9.17, 15) is 9.59 Å². The third-order valence-electron chi connectivity index (χ3n) is 3.51. The molecule has 0 spiro atoms. The van der Waals surface area contributed by atoms with Gasteiger partial charge in [0.25, 0.3) is 5.91 Å². The molecule has 3 rings (SSSR count). The Bertz CT molecular complexity index is 651. The molecule has 2 aromatic heterocycles. The number of thiophene rings is 1. The van der Waals surface area contributed by atoms with E-state index in [1.54, 1.807) is 21.6 Å². The van der Waals surface area contributed by atoms with E-state index in [-0.39, 0.29) is 12.5 Å². The second-order valence-corrected chi connectivity index (χ2v) is 6.75. The first-order valence-electron chi connectivity index (χ1n) is 6.66. The summed E-state index contributed by atoms with van der Waals surface area (Å²) in [4.78, 5) is 30.5. The summed E-state index contributed by atoms with van der Waals surface area (Å²) in [7, 11) is 0. The Hall–Kier alpha value is -1.73. The number of amides is 1. The van der Waals surface area contributed by atoms with E-state index in [2.05, 4.69) is 4.98 Å². The van der Waals surface area contributed by atoms with Crippen LogP contribution in [0.3, 0.4) is 0 Å². The van der Waals surface area contributed by atoms with Crippen molar-refractivity contribution in [2.24, 2.45) is 5.92 Å². The Morgan fingerprint density at radius 1 is 1.38 bits per heavy atom. The lowest BCUT2D eigenvalue weighted by atomic mass is 9.98. The first kappa shape index (κ1) is 14.2. The number of hydrogen-bond acceptors (Lipinski definition) is 5. The predicted molar refractivity (Wildman–Crippen MR) is 81.7 cm³/mol. The largest absolute Gasteiger partial charge is 0.481 e. The number of carboxylic acid groups (broad SMARTS) is 1. The Morgan fingerprint density at radius 3 is 2.95 bits per heavy atom. The lowest BCUT2D eigenvalue weighted by molar-refractivity contribution is -0.143. The van der Waals surface area contributed by atoms with Crippen LogP contribution in [0.1, 0.15) is 23.3 Å². The van der Waals surface area contributed by atoms with Crippen LogP contribution < -0.4 is 0 Å². The molecule has 1 fully saturated rings. The lowest BCUT2D eigenvalue weighted by Gasteiger charge is -2.30. The number of carboxylic acids is 1. The van der Waals surface area contributed by atoms with Crippen LogP contribution in [0.15, 0.2) is 22.9 Å². The highest BCUT2D eigenvalue weighted by Gasteiger charge is 2.29. The van der Waals surface area contributed by atoms with Gasteiger partial charge in [0.05, 0.1) is 10.8 Å². The van der Waals surface area contributed by atoms with Gasteiger partial charge in [0.15, 0.2) is 0 Å². The van der Waals surface area contributed by atoms with Crippen LogP contribution >= 0.6 is 22.7 Å². The lowest BCUT2D eigenvalue weighted by Crippen LogP contribution is -2.42. The van der Waals surface area contributed by atoms with Gasteiger partial charge in [-0.15, -0.1) is 22.7 Å². The fourth-order valence-electron chi connectivity index (χ4n) is 2.41. The fraction of sp³-hybridized carbons (Fsp3) is 0.357. The molecule has 7 heteroatoms.